The molecule has 2 aromatic rings. The maximum atomic E-state index is 13.1. The van der Waals surface area contributed by atoms with Crippen LogP contribution in [0.4, 0.5) is 13.2 Å². The van der Waals surface area contributed by atoms with Crippen LogP contribution < -0.4 is 4.74 Å². The molecular weight excluding hydrogens is 411 g/mol. The Hall–Kier alpha value is -2.62. The van der Waals surface area contributed by atoms with Crippen LogP contribution >= 0.6 is 0 Å². The SMILES string of the molecule is CC(=O)OCC[C@@H](C)Oc1ncc(C(F)(F)F)cc1-c1ccc(S(C)(=O)=O)cc1. The van der Waals surface area contributed by atoms with Gasteiger partial charge in [-0.05, 0) is 30.7 Å². The summed E-state index contributed by atoms with van der Waals surface area (Å²) >= 11 is 0. The first-order chi connectivity index (χ1) is 13.4. The molecule has 2 rings (SSSR count). The topological polar surface area (TPSA) is 82.6 Å². The maximum Gasteiger partial charge on any atom is 0.417 e. The highest BCUT2D eigenvalue weighted by atomic mass is 32.2. The summed E-state index contributed by atoms with van der Waals surface area (Å²) in [5.41, 5.74) is -0.572. The van der Waals surface area contributed by atoms with Gasteiger partial charge in [0.25, 0.3) is 0 Å². The van der Waals surface area contributed by atoms with Crippen LogP contribution in [0.3, 0.4) is 0 Å². The number of pyridine rings is 1. The molecule has 0 radical (unpaired) electrons. The second-order valence-corrected chi connectivity index (χ2v) is 8.44. The van der Waals surface area contributed by atoms with E-state index in [1.54, 1.807) is 6.92 Å². The van der Waals surface area contributed by atoms with Gasteiger partial charge in [-0.1, -0.05) is 12.1 Å². The van der Waals surface area contributed by atoms with Gasteiger partial charge in [0.05, 0.1) is 17.1 Å². The number of alkyl halides is 3. The smallest absolute Gasteiger partial charge is 0.417 e. The lowest BCUT2D eigenvalue weighted by Crippen LogP contribution is -2.17. The Morgan fingerprint density at radius 2 is 1.83 bits per heavy atom. The van der Waals surface area contributed by atoms with Crippen LogP contribution in [0.25, 0.3) is 11.1 Å². The maximum absolute atomic E-state index is 13.1. The van der Waals surface area contributed by atoms with E-state index in [1.807, 2.05) is 0 Å². The van der Waals surface area contributed by atoms with Crippen molar-refractivity contribution in [2.75, 3.05) is 12.9 Å². The molecule has 0 N–H and O–H groups in total. The number of sulfone groups is 1. The van der Waals surface area contributed by atoms with E-state index in [9.17, 15) is 26.4 Å². The van der Waals surface area contributed by atoms with Gasteiger partial charge in [0, 0.05) is 31.4 Å². The highest BCUT2D eigenvalue weighted by Crippen LogP contribution is 2.36. The Kier molecular flexibility index (Phi) is 6.89. The van der Waals surface area contributed by atoms with Gasteiger partial charge in [0.2, 0.25) is 5.88 Å². The third-order valence-electron chi connectivity index (χ3n) is 3.91. The molecule has 1 aromatic heterocycles. The Labute approximate surface area is 166 Å². The molecule has 0 bridgehead atoms. The summed E-state index contributed by atoms with van der Waals surface area (Å²) in [5, 5.41) is 0. The number of nitrogens with zero attached hydrogens (tertiary/aromatic N) is 1. The van der Waals surface area contributed by atoms with Gasteiger partial charge >= 0.3 is 12.1 Å². The molecule has 6 nitrogen and oxygen atoms in total. The van der Waals surface area contributed by atoms with Gasteiger partial charge in [0.15, 0.2) is 9.84 Å². The zero-order chi connectivity index (χ0) is 21.8. The molecule has 0 saturated heterocycles. The average Bonchev–Trinajstić information content (AvgIpc) is 2.60. The van der Waals surface area contributed by atoms with E-state index >= 15 is 0 Å². The van der Waals surface area contributed by atoms with E-state index in [4.69, 9.17) is 9.47 Å². The number of esters is 1. The van der Waals surface area contributed by atoms with E-state index in [2.05, 4.69) is 4.98 Å². The number of carbonyl (C=O) groups excluding carboxylic acids is 1. The number of ether oxygens (including phenoxy) is 2. The van der Waals surface area contributed by atoms with Gasteiger partial charge < -0.3 is 9.47 Å². The number of hydrogen-bond acceptors (Lipinski definition) is 6. The fraction of sp³-hybridized carbons (Fsp3) is 0.368. The zero-order valence-corrected chi connectivity index (χ0v) is 16.8. The van der Waals surface area contributed by atoms with Crippen molar-refractivity contribution in [3.63, 3.8) is 0 Å². The van der Waals surface area contributed by atoms with Crippen molar-refractivity contribution in [2.24, 2.45) is 0 Å². The molecule has 0 spiro atoms. The molecule has 0 unspecified atom stereocenters. The van der Waals surface area contributed by atoms with Crippen LogP contribution in [0, 0.1) is 0 Å². The van der Waals surface area contributed by atoms with E-state index < -0.39 is 33.7 Å². The van der Waals surface area contributed by atoms with E-state index in [-0.39, 0.29) is 22.9 Å². The minimum absolute atomic E-state index is 0.0402. The van der Waals surface area contributed by atoms with Crippen molar-refractivity contribution in [1.29, 1.82) is 0 Å². The minimum Gasteiger partial charge on any atom is -0.474 e. The second kappa shape index (κ2) is 8.81. The summed E-state index contributed by atoms with van der Waals surface area (Å²) in [7, 11) is -3.45. The van der Waals surface area contributed by atoms with Crippen molar-refractivity contribution in [3.8, 4) is 17.0 Å². The van der Waals surface area contributed by atoms with Gasteiger partial charge in [-0.15, -0.1) is 0 Å². The van der Waals surface area contributed by atoms with Crippen molar-refractivity contribution >= 4 is 15.8 Å². The largest absolute Gasteiger partial charge is 0.474 e. The standard InChI is InChI=1S/C19H20F3NO5S/c1-12(8-9-27-13(2)24)28-18-17(10-15(11-23-18)19(20,21)22)14-4-6-16(7-5-14)29(3,25)26/h4-7,10-12H,8-9H2,1-3H3/t12-/m1/s1. The summed E-state index contributed by atoms with van der Waals surface area (Å²) in [5.74, 6) is -0.489. The average molecular weight is 431 g/mol. The molecule has 29 heavy (non-hydrogen) atoms. The lowest BCUT2D eigenvalue weighted by Gasteiger charge is -2.18. The fourth-order valence-electron chi connectivity index (χ4n) is 2.41. The van der Waals surface area contributed by atoms with E-state index in [0.717, 1.165) is 12.3 Å². The third kappa shape index (κ3) is 6.45. The van der Waals surface area contributed by atoms with E-state index in [0.29, 0.717) is 18.2 Å². The van der Waals surface area contributed by atoms with Crippen LogP contribution in [0.5, 0.6) is 5.88 Å². The highest BCUT2D eigenvalue weighted by molar-refractivity contribution is 7.90. The number of aromatic nitrogens is 1. The number of halogens is 3. The molecule has 1 aromatic carbocycles. The van der Waals surface area contributed by atoms with Gasteiger partial charge in [0.1, 0.15) is 6.10 Å². The highest BCUT2D eigenvalue weighted by Gasteiger charge is 2.32. The number of carbonyl (C=O) groups is 1. The monoisotopic (exact) mass is 431 g/mol. The Bertz CT molecular complexity index is 972. The van der Waals surface area contributed by atoms with Crippen LogP contribution in [-0.2, 0) is 25.5 Å². The predicted molar refractivity (Wildman–Crippen MR) is 99.1 cm³/mol. The van der Waals surface area contributed by atoms with Crippen molar-refractivity contribution in [2.45, 2.75) is 37.4 Å². The van der Waals surface area contributed by atoms with Crippen LogP contribution in [0.1, 0.15) is 25.8 Å². The lowest BCUT2D eigenvalue weighted by atomic mass is 10.0. The van der Waals surface area contributed by atoms with Crippen LogP contribution in [0.2, 0.25) is 0 Å². The fourth-order valence-corrected chi connectivity index (χ4v) is 3.04. The number of rotatable bonds is 7. The molecular formula is C19H20F3NO5S. The van der Waals surface area contributed by atoms with Gasteiger partial charge in [-0.2, -0.15) is 13.2 Å². The zero-order valence-electron chi connectivity index (χ0n) is 16.0. The van der Waals surface area contributed by atoms with Gasteiger partial charge in [-0.25, -0.2) is 13.4 Å². The Morgan fingerprint density at radius 3 is 2.34 bits per heavy atom. The summed E-state index contributed by atoms with van der Waals surface area (Å²) in [4.78, 5) is 14.7. The Morgan fingerprint density at radius 1 is 1.21 bits per heavy atom. The first-order valence-corrected chi connectivity index (χ1v) is 10.4. The lowest BCUT2D eigenvalue weighted by molar-refractivity contribution is -0.141. The number of hydrogen-bond donors (Lipinski definition) is 0. The molecule has 10 heteroatoms. The number of benzene rings is 1. The molecule has 0 amide bonds. The first kappa shape index (κ1) is 22.7. The summed E-state index contributed by atoms with van der Waals surface area (Å²) in [6.45, 7) is 3.02. The second-order valence-electron chi connectivity index (χ2n) is 6.43. The molecule has 1 heterocycles. The summed E-state index contributed by atoms with van der Waals surface area (Å²) in [6, 6.07) is 6.29. The van der Waals surface area contributed by atoms with Crippen molar-refractivity contribution in [3.05, 3.63) is 42.1 Å². The van der Waals surface area contributed by atoms with Crippen LogP contribution in [-0.4, -0.2) is 38.3 Å². The van der Waals surface area contributed by atoms with Crippen LogP contribution in [0.15, 0.2) is 41.4 Å². The Balaban J connectivity index is 2.37. The molecule has 0 fully saturated rings. The molecule has 0 saturated carbocycles. The first-order valence-electron chi connectivity index (χ1n) is 8.55. The minimum atomic E-state index is -4.60. The molecule has 0 aliphatic rings. The normalized spacial score (nSPS) is 13.0. The third-order valence-corrected chi connectivity index (χ3v) is 5.04. The van der Waals surface area contributed by atoms with Crippen molar-refractivity contribution < 1.29 is 35.9 Å². The summed E-state index contributed by atoms with van der Waals surface area (Å²) in [6.07, 6.45) is -3.08. The van der Waals surface area contributed by atoms with Crippen molar-refractivity contribution in [1.82, 2.24) is 4.98 Å². The molecule has 0 aliphatic heterocycles. The molecule has 0 aliphatic carbocycles. The molecule has 1 atom stereocenters. The quantitative estimate of drug-likeness (QED) is 0.619. The molecule has 158 valence electrons. The van der Waals surface area contributed by atoms with E-state index in [1.165, 1.54) is 31.2 Å². The summed E-state index contributed by atoms with van der Waals surface area (Å²) < 4.78 is 73.1. The predicted octanol–water partition coefficient (Wildman–Crippen LogP) is 3.89. The van der Waals surface area contributed by atoms with Gasteiger partial charge in [-0.3, -0.25) is 4.79 Å².